The average molecular weight is 359 g/mol. The van der Waals surface area contributed by atoms with Crippen LogP contribution in [0.3, 0.4) is 0 Å². The van der Waals surface area contributed by atoms with E-state index in [9.17, 15) is 9.59 Å². The number of carbonyl (C=O) groups is 2. The minimum atomic E-state index is -0.746. The number of fused-ring (bicyclic) bond motifs is 1. The smallest absolute Gasteiger partial charge is 0.249 e. The van der Waals surface area contributed by atoms with E-state index in [4.69, 9.17) is 9.47 Å². The van der Waals surface area contributed by atoms with Crippen molar-refractivity contribution in [1.29, 1.82) is 0 Å². The summed E-state index contributed by atoms with van der Waals surface area (Å²) in [5, 5.41) is 5.59. The molecule has 26 heavy (non-hydrogen) atoms. The Bertz CT molecular complexity index is 758. The van der Waals surface area contributed by atoms with Gasteiger partial charge in [0.2, 0.25) is 24.6 Å². The number of likely N-dealkylation sites (N-methyl/N-ethyl adjacent to an activating group) is 1. The number of guanidine groups is 1. The molecule has 3 aliphatic heterocycles. The molecule has 138 valence electrons. The van der Waals surface area contributed by atoms with E-state index >= 15 is 0 Å². The normalized spacial score (nSPS) is 22.7. The SMILES string of the molecule is CN1CCN(C2=N[C@@H](C(=O)Nc3ccc4c(c3)OCO4)CC(=O)N2)CC1. The maximum Gasteiger partial charge on any atom is 0.249 e. The zero-order valence-corrected chi connectivity index (χ0v) is 14.5. The van der Waals surface area contributed by atoms with Crippen LogP contribution in [0.1, 0.15) is 6.42 Å². The molecule has 1 fully saturated rings. The number of rotatable bonds is 2. The molecule has 1 saturated heterocycles. The highest BCUT2D eigenvalue weighted by Gasteiger charge is 2.30. The molecule has 9 nitrogen and oxygen atoms in total. The lowest BCUT2D eigenvalue weighted by Gasteiger charge is -2.36. The topological polar surface area (TPSA) is 95.5 Å². The average Bonchev–Trinajstić information content (AvgIpc) is 3.09. The maximum atomic E-state index is 12.6. The zero-order valence-electron chi connectivity index (χ0n) is 14.5. The largest absolute Gasteiger partial charge is 0.454 e. The van der Waals surface area contributed by atoms with Crippen LogP contribution >= 0.6 is 0 Å². The molecular weight excluding hydrogens is 338 g/mol. The molecule has 0 aromatic heterocycles. The van der Waals surface area contributed by atoms with E-state index < -0.39 is 6.04 Å². The van der Waals surface area contributed by atoms with Gasteiger partial charge in [-0.2, -0.15) is 0 Å². The van der Waals surface area contributed by atoms with Gasteiger partial charge in [-0.15, -0.1) is 0 Å². The van der Waals surface area contributed by atoms with Crippen LogP contribution < -0.4 is 20.1 Å². The molecule has 0 radical (unpaired) electrons. The summed E-state index contributed by atoms with van der Waals surface area (Å²) in [4.78, 5) is 33.4. The Labute approximate surface area is 150 Å². The first-order valence-electron chi connectivity index (χ1n) is 8.60. The molecule has 1 aromatic rings. The van der Waals surface area contributed by atoms with Gasteiger partial charge in [-0.1, -0.05) is 0 Å². The van der Waals surface area contributed by atoms with Crippen LogP contribution in [0.2, 0.25) is 0 Å². The van der Waals surface area contributed by atoms with E-state index in [0.717, 1.165) is 26.2 Å². The fourth-order valence-corrected chi connectivity index (χ4v) is 3.11. The summed E-state index contributed by atoms with van der Waals surface area (Å²) in [6.07, 6.45) is 0.0353. The fraction of sp³-hybridized carbons (Fsp3) is 0.471. The van der Waals surface area contributed by atoms with Gasteiger partial charge < -0.3 is 24.6 Å². The number of carbonyl (C=O) groups excluding carboxylic acids is 2. The number of nitrogens with one attached hydrogen (secondary N) is 2. The van der Waals surface area contributed by atoms with Crippen LogP contribution in [-0.4, -0.2) is 73.6 Å². The number of piperazine rings is 1. The third-order valence-corrected chi connectivity index (χ3v) is 4.65. The number of aliphatic imine (C=N–C) groups is 1. The number of anilines is 1. The Balaban J connectivity index is 1.46. The molecule has 2 amide bonds. The Morgan fingerprint density at radius 1 is 1.23 bits per heavy atom. The molecule has 1 aromatic carbocycles. The van der Waals surface area contributed by atoms with Gasteiger partial charge in [-0.05, 0) is 19.2 Å². The summed E-state index contributed by atoms with van der Waals surface area (Å²) in [7, 11) is 2.06. The predicted molar refractivity (Wildman–Crippen MR) is 94.2 cm³/mol. The minimum Gasteiger partial charge on any atom is -0.454 e. The van der Waals surface area contributed by atoms with Gasteiger partial charge in [-0.25, -0.2) is 4.99 Å². The Kier molecular flexibility index (Phi) is 4.37. The summed E-state index contributed by atoms with van der Waals surface area (Å²) < 4.78 is 10.6. The number of nitrogens with zero attached hydrogens (tertiary/aromatic N) is 3. The first-order chi connectivity index (χ1) is 12.6. The summed E-state index contributed by atoms with van der Waals surface area (Å²) in [6.45, 7) is 3.50. The number of hydrogen-bond acceptors (Lipinski definition) is 7. The van der Waals surface area contributed by atoms with E-state index in [1.54, 1.807) is 18.2 Å². The summed E-state index contributed by atoms with van der Waals surface area (Å²) >= 11 is 0. The van der Waals surface area contributed by atoms with Gasteiger partial charge in [0.05, 0.1) is 6.42 Å². The lowest BCUT2D eigenvalue weighted by molar-refractivity contribution is -0.125. The molecule has 0 spiro atoms. The van der Waals surface area contributed by atoms with Crippen molar-refractivity contribution in [3.8, 4) is 11.5 Å². The van der Waals surface area contributed by atoms with Crippen LogP contribution in [0.25, 0.3) is 0 Å². The molecule has 1 atom stereocenters. The first kappa shape index (κ1) is 16.6. The second kappa shape index (κ2) is 6.83. The van der Waals surface area contributed by atoms with E-state index in [2.05, 4.69) is 27.6 Å². The maximum absolute atomic E-state index is 12.6. The first-order valence-corrected chi connectivity index (χ1v) is 8.60. The van der Waals surface area contributed by atoms with Crippen molar-refractivity contribution in [1.82, 2.24) is 15.1 Å². The van der Waals surface area contributed by atoms with Crippen molar-refractivity contribution in [3.63, 3.8) is 0 Å². The van der Waals surface area contributed by atoms with Gasteiger partial charge in [0.15, 0.2) is 11.5 Å². The van der Waals surface area contributed by atoms with Crippen molar-refractivity contribution in [2.45, 2.75) is 12.5 Å². The number of hydrogen-bond donors (Lipinski definition) is 2. The van der Waals surface area contributed by atoms with Crippen molar-refractivity contribution in [2.24, 2.45) is 4.99 Å². The Hall–Kier alpha value is -2.81. The van der Waals surface area contributed by atoms with Crippen LogP contribution in [0.4, 0.5) is 5.69 Å². The van der Waals surface area contributed by atoms with Crippen LogP contribution in [0, 0.1) is 0 Å². The fourth-order valence-electron chi connectivity index (χ4n) is 3.11. The zero-order chi connectivity index (χ0) is 18.1. The summed E-state index contributed by atoms with van der Waals surface area (Å²) in [5.41, 5.74) is 0.585. The van der Waals surface area contributed by atoms with Crippen molar-refractivity contribution < 1.29 is 19.1 Å². The molecule has 0 unspecified atom stereocenters. The molecule has 0 aliphatic carbocycles. The molecule has 9 heteroatoms. The number of amides is 2. The highest BCUT2D eigenvalue weighted by atomic mass is 16.7. The van der Waals surface area contributed by atoms with Gasteiger partial charge in [0.25, 0.3) is 0 Å². The van der Waals surface area contributed by atoms with E-state index in [1.165, 1.54) is 0 Å². The molecular formula is C17H21N5O4. The minimum absolute atomic E-state index is 0.0353. The predicted octanol–water partition coefficient (Wildman–Crippen LogP) is -0.154. The molecule has 3 aliphatic rings. The van der Waals surface area contributed by atoms with Crippen molar-refractivity contribution in [2.75, 3.05) is 45.3 Å². The molecule has 0 bridgehead atoms. The Morgan fingerprint density at radius 2 is 2.00 bits per heavy atom. The molecule has 4 rings (SSSR count). The number of ether oxygens (including phenoxy) is 2. The molecule has 3 heterocycles. The van der Waals surface area contributed by atoms with Gasteiger partial charge in [-0.3, -0.25) is 14.9 Å². The Morgan fingerprint density at radius 3 is 2.81 bits per heavy atom. The molecule has 0 saturated carbocycles. The highest BCUT2D eigenvalue weighted by molar-refractivity contribution is 6.06. The van der Waals surface area contributed by atoms with Crippen LogP contribution in [0.5, 0.6) is 11.5 Å². The van der Waals surface area contributed by atoms with E-state index in [1.807, 2.05) is 4.90 Å². The van der Waals surface area contributed by atoms with Crippen LogP contribution in [-0.2, 0) is 9.59 Å². The monoisotopic (exact) mass is 359 g/mol. The van der Waals surface area contributed by atoms with Gasteiger partial charge in [0.1, 0.15) is 6.04 Å². The second-order valence-corrected chi connectivity index (χ2v) is 6.57. The quantitative estimate of drug-likeness (QED) is 0.762. The third kappa shape index (κ3) is 3.43. The lowest BCUT2D eigenvalue weighted by atomic mass is 10.1. The summed E-state index contributed by atoms with van der Waals surface area (Å²) in [6, 6.07) is 4.43. The standard InChI is InChI=1S/C17H21N5O4/c1-21-4-6-22(7-5-21)17-19-12(9-15(23)20-17)16(24)18-11-2-3-13-14(8-11)26-10-25-13/h2-3,8,12H,4-7,9-10H2,1H3,(H,18,24)(H,19,20,23)/t12-/m1/s1. The lowest BCUT2D eigenvalue weighted by Crippen LogP contribution is -2.55. The molecule has 2 N–H and O–H groups in total. The van der Waals surface area contributed by atoms with E-state index in [0.29, 0.717) is 23.1 Å². The van der Waals surface area contributed by atoms with Crippen LogP contribution in [0.15, 0.2) is 23.2 Å². The highest BCUT2D eigenvalue weighted by Crippen LogP contribution is 2.34. The number of benzene rings is 1. The van der Waals surface area contributed by atoms with Gasteiger partial charge >= 0.3 is 0 Å². The van der Waals surface area contributed by atoms with Gasteiger partial charge in [0, 0.05) is 37.9 Å². The summed E-state index contributed by atoms with van der Waals surface area (Å²) in [5.74, 6) is 1.21. The van der Waals surface area contributed by atoms with Crippen molar-refractivity contribution >= 4 is 23.5 Å². The van der Waals surface area contributed by atoms with Crippen molar-refractivity contribution in [3.05, 3.63) is 18.2 Å². The second-order valence-electron chi connectivity index (χ2n) is 6.57. The van der Waals surface area contributed by atoms with E-state index in [-0.39, 0.29) is 25.0 Å². The third-order valence-electron chi connectivity index (χ3n) is 4.65.